The van der Waals surface area contributed by atoms with Gasteiger partial charge in [0.2, 0.25) is 0 Å². The highest BCUT2D eigenvalue weighted by molar-refractivity contribution is 6.15. The van der Waals surface area contributed by atoms with Crippen molar-refractivity contribution in [1.82, 2.24) is 18.3 Å². The fourth-order valence-electron chi connectivity index (χ4n) is 9.91. The van der Waals surface area contributed by atoms with Crippen molar-refractivity contribution in [3.63, 3.8) is 0 Å². The molecule has 0 aliphatic carbocycles. The van der Waals surface area contributed by atoms with Crippen LogP contribution in [0.25, 0.3) is 110 Å². The lowest BCUT2D eigenvalue weighted by Crippen LogP contribution is -1.96. The van der Waals surface area contributed by atoms with Crippen molar-refractivity contribution >= 4 is 87.2 Å². The minimum atomic E-state index is 1.14. The Kier molecular flexibility index (Phi) is 6.41. The van der Waals surface area contributed by atoms with E-state index >= 15 is 0 Å². The molecule has 13 rings (SSSR count). The van der Waals surface area contributed by atoms with Crippen LogP contribution >= 0.6 is 0 Å². The monoisotopic (exact) mass is 738 g/mol. The van der Waals surface area contributed by atoms with E-state index in [-0.39, 0.29) is 0 Å². The number of hydrogen-bond acceptors (Lipinski definition) is 0. The zero-order valence-corrected chi connectivity index (χ0v) is 31.4. The summed E-state index contributed by atoms with van der Waals surface area (Å²) in [6, 6.07) is 75.5. The molecule has 0 atom stereocenters. The minimum Gasteiger partial charge on any atom is -0.309 e. The molecular weight excluding hydrogens is 705 g/mol. The van der Waals surface area contributed by atoms with Gasteiger partial charge in [0.05, 0.1) is 44.1 Å². The second kappa shape index (κ2) is 11.8. The molecule has 0 aliphatic rings. The number of fused-ring (bicyclic) bond motifs is 12. The fraction of sp³-hybridized carbons (Fsp3) is 0. The molecule has 0 spiro atoms. The van der Waals surface area contributed by atoms with Gasteiger partial charge in [-0.3, -0.25) is 0 Å². The topological polar surface area (TPSA) is 19.7 Å². The average molecular weight is 739 g/mol. The molecule has 0 fully saturated rings. The van der Waals surface area contributed by atoms with Crippen LogP contribution in [-0.4, -0.2) is 18.3 Å². The predicted molar refractivity (Wildman–Crippen MR) is 244 cm³/mol. The zero-order valence-electron chi connectivity index (χ0n) is 31.4. The van der Waals surface area contributed by atoms with Crippen LogP contribution in [-0.2, 0) is 0 Å². The van der Waals surface area contributed by atoms with Crippen LogP contribution < -0.4 is 0 Å². The Morgan fingerprint density at radius 2 is 0.414 bits per heavy atom. The highest BCUT2D eigenvalue weighted by Crippen LogP contribution is 2.40. The second-order valence-corrected chi connectivity index (χ2v) is 15.4. The van der Waals surface area contributed by atoms with Gasteiger partial charge in [0, 0.05) is 65.8 Å². The lowest BCUT2D eigenvalue weighted by Gasteiger charge is -2.11. The third-order valence-electron chi connectivity index (χ3n) is 12.3. The molecule has 58 heavy (non-hydrogen) atoms. The van der Waals surface area contributed by atoms with E-state index in [0.29, 0.717) is 0 Å². The van der Waals surface area contributed by atoms with Crippen LogP contribution in [0, 0.1) is 0 Å². The number of aromatic nitrogens is 4. The van der Waals surface area contributed by atoms with Crippen LogP contribution in [0.3, 0.4) is 0 Å². The summed E-state index contributed by atoms with van der Waals surface area (Å²) < 4.78 is 9.69. The molecule has 4 aromatic heterocycles. The first kappa shape index (κ1) is 31.4. The molecule has 0 aliphatic heterocycles. The molecule has 13 aromatic rings. The molecular formula is C54H34N4. The van der Waals surface area contributed by atoms with Crippen molar-refractivity contribution in [2.45, 2.75) is 0 Å². The number of rotatable bonds is 4. The smallest absolute Gasteiger partial charge is 0.0542 e. The molecule has 0 saturated carbocycles. The third-order valence-corrected chi connectivity index (χ3v) is 12.3. The van der Waals surface area contributed by atoms with Gasteiger partial charge >= 0.3 is 0 Å². The van der Waals surface area contributed by atoms with Crippen LogP contribution in [0.4, 0.5) is 0 Å². The third kappa shape index (κ3) is 4.29. The Hall–Kier alpha value is -7.82. The van der Waals surface area contributed by atoms with Crippen molar-refractivity contribution in [2.75, 3.05) is 0 Å². The molecule has 270 valence electrons. The maximum Gasteiger partial charge on any atom is 0.0542 e. The quantitative estimate of drug-likeness (QED) is 0.171. The standard InChI is InChI=1S/C54H34N4/c1-2-14-35(15-3-1)55-53-30-27-37(57-49-23-11-6-18-41(49)42-19-7-12-24-50(42)57)33-45(53)46-34-38(28-31-54(46)55)58-51-25-13-8-20-43(51)44-32-36(26-29-52(44)58)56-47-21-9-4-16-39(47)40-17-5-10-22-48(40)56/h1-34H. The molecule has 0 unspecified atom stereocenters. The second-order valence-electron chi connectivity index (χ2n) is 15.4. The molecule has 4 heteroatoms. The van der Waals surface area contributed by atoms with Gasteiger partial charge in [-0.2, -0.15) is 0 Å². The molecule has 0 amide bonds. The van der Waals surface area contributed by atoms with Crippen molar-refractivity contribution in [3.05, 3.63) is 206 Å². The summed E-state index contributed by atoms with van der Waals surface area (Å²) in [6.45, 7) is 0. The van der Waals surface area contributed by atoms with Crippen LogP contribution in [0.2, 0.25) is 0 Å². The fourth-order valence-corrected chi connectivity index (χ4v) is 9.91. The van der Waals surface area contributed by atoms with Crippen molar-refractivity contribution in [3.8, 4) is 22.7 Å². The van der Waals surface area contributed by atoms with Gasteiger partial charge in [0.15, 0.2) is 0 Å². The SMILES string of the molecule is c1ccc(-n2c3ccc(-n4c5ccccc5c5ccccc54)cc3c3cc(-n4c5ccccc5c5cc(-n6c7ccccc7c7ccccc76)ccc54)ccc32)cc1. The van der Waals surface area contributed by atoms with E-state index in [1.165, 1.54) is 87.2 Å². The van der Waals surface area contributed by atoms with Crippen LogP contribution in [0.5, 0.6) is 0 Å². The molecule has 0 N–H and O–H groups in total. The van der Waals surface area contributed by atoms with Gasteiger partial charge in [0.1, 0.15) is 0 Å². The summed E-state index contributed by atoms with van der Waals surface area (Å²) in [4.78, 5) is 0. The summed E-state index contributed by atoms with van der Waals surface area (Å²) in [5.41, 5.74) is 14.2. The van der Waals surface area contributed by atoms with E-state index < -0.39 is 0 Å². The Morgan fingerprint density at radius 1 is 0.172 bits per heavy atom. The number of nitrogens with zero attached hydrogens (tertiary/aromatic N) is 4. The Labute approximate surface area is 333 Å². The molecule has 9 aromatic carbocycles. The van der Waals surface area contributed by atoms with E-state index in [0.717, 1.165) is 22.7 Å². The van der Waals surface area contributed by atoms with Crippen molar-refractivity contribution in [1.29, 1.82) is 0 Å². The van der Waals surface area contributed by atoms with E-state index in [2.05, 4.69) is 225 Å². The minimum absolute atomic E-state index is 1.14. The normalized spacial score (nSPS) is 12.1. The summed E-state index contributed by atoms with van der Waals surface area (Å²) in [6.07, 6.45) is 0. The van der Waals surface area contributed by atoms with Crippen LogP contribution in [0.15, 0.2) is 206 Å². The first-order chi connectivity index (χ1) is 28.8. The van der Waals surface area contributed by atoms with E-state index in [9.17, 15) is 0 Å². The summed E-state index contributed by atoms with van der Waals surface area (Å²) in [5.74, 6) is 0. The predicted octanol–water partition coefficient (Wildman–Crippen LogP) is 14.1. The molecule has 4 nitrogen and oxygen atoms in total. The molecule has 0 saturated heterocycles. The van der Waals surface area contributed by atoms with Gasteiger partial charge < -0.3 is 18.3 Å². The Bertz CT molecular complexity index is 3690. The van der Waals surface area contributed by atoms with Gasteiger partial charge in [-0.25, -0.2) is 0 Å². The van der Waals surface area contributed by atoms with Gasteiger partial charge in [-0.1, -0.05) is 109 Å². The molecule has 0 radical (unpaired) electrons. The lowest BCUT2D eigenvalue weighted by atomic mass is 10.1. The van der Waals surface area contributed by atoms with Gasteiger partial charge in [-0.15, -0.1) is 0 Å². The molecule has 4 heterocycles. The van der Waals surface area contributed by atoms with E-state index in [1.54, 1.807) is 0 Å². The largest absolute Gasteiger partial charge is 0.309 e. The number of para-hydroxylation sites is 6. The highest BCUT2D eigenvalue weighted by atomic mass is 15.0. The lowest BCUT2D eigenvalue weighted by molar-refractivity contribution is 1.16. The maximum atomic E-state index is 2.45. The van der Waals surface area contributed by atoms with Crippen molar-refractivity contribution < 1.29 is 0 Å². The van der Waals surface area contributed by atoms with Gasteiger partial charge in [0.25, 0.3) is 0 Å². The number of benzene rings is 9. The van der Waals surface area contributed by atoms with E-state index in [1.807, 2.05) is 0 Å². The average Bonchev–Trinajstić information content (AvgIpc) is 4.01. The summed E-state index contributed by atoms with van der Waals surface area (Å²) >= 11 is 0. The van der Waals surface area contributed by atoms with Gasteiger partial charge in [-0.05, 0) is 97.1 Å². The summed E-state index contributed by atoms with van der Waals surface area (Å²) in [7, 11) is 0. The Morgan fingerprint density at radius 3 is 0.759 bits per heavy atom. The maximum absolute atomic E-state index is 2.45. The van der Waals surface area contributed by atoms with Crippen LogP contribution in [0.1, 0.15) is 0 Å². The zero-order chi connectivity index (χ0) is 37.9. The van der Waals surface area contributed by atoms with Crippen molar-refractivity contribution in [2.24, 2.45) is 0 Å². The number of hydrogen-bond donors (Lipinski definition) is 0. The highest BCUT2D eigenvalue weighted by Gasteiger charge is 2.20. The van der Waals surface area contributed by atoms with E-state index in [4.69, 9.17) is 0 Å². The summed E-state index contributed by atoms with van der Waals surface area (Å²) in [5, 5.41) is 9.96. The first-order valence-corrected chi connectivity index (χ1v) is 19.9. The molecule has 0 bridgehead atoms. The Balaban J connectivity index is 1.07. The first-order valence-electron chi connectivity index (χ1n) is 19.9.